The highest BCUT2D eigenvalue weighted by Crippen LogP contribution is 2.31. The fourth-order valence-corrected chi connectivity index (χ4v) is 1.80. The van der Waals surface area contributed by atoms with Crippen molar-refractivity contribution in [3.63, 3.8) is 0 Å². The van der Waals surface area contributed by atoms with Crippen LogP contribution in [0.2, 0.25) is 0 Å². The highest BCUT2D eigenvalue weighted by atomic mass is 79.9. The van der Waals surface area contributed by atoms with Crippen molar-refractivity contribution in [2.24, 2.45) is 0 Å². The molecule has 1 aromatic rings. The van der Waals surface area contributed by atoms with E-state index >= 15 is 0 Å². The Morgan fingerprint density at radius 2 is 2.00 bits per heavy atom. The minimum Gasteiger partial charge on any atom is -0.496 e. The zero-order valence-corrected chi connectivity index (χ0v) is 9.81. The van der Waals surface area contributed by atoms with Gasteiger partial charge in [-0.15, -0.1) is 0 Å². The SMILES string of the molecule is COc1cc(C(=O)O)c(Br)c(C)c1C. The molecule has 0 aliphatic carbocycles. The molecule has 3 nitrogen and oxygen atoms in total. The lowest BCUT2D eigenvalue weighted by Crippen LogP contribution is -2.02. The molecule has 0 saturated carbocycles. The Morgan fingerprint density at radius 1 is 1.43 bits per heavy atom. The van der Waals surface area contributed by atoms with Crippen LogP contribution >= 0.6 is 15.9 Å². The molecule has 0 amide bonds. The topological polar surface area (TPSA) is 46.5 Å². The molecular weight excluding hydrogens is 248 g/mol. The van der Waals surface area contributed by atoms with E-state index in [0.29, 0.717) is 10.2 Å². The summed E-state index contributed by atoms with van der Waals surface area (Å²) in [5.41, 5.74) is 2.07. The third-order valence-corrected chi connectivity index (χ3v) is 3.25. The van der Waals surface area contributed by atoms with E-state index in [0.717, 1.165) is 11.1 Å². The summed E-state index contributed by atoms with van der Waals surface area (Å²) in [5.74, 6) is -0.360. The van der Waals surface area contributed by atoms with E-state index < -0.39 is 5.97 Å². The fourth-order valence-electron chi connectivity index (χ4n) is 1.22. The van der Waals surface area contributed by atoms with Crippen molar-refractivity contribution in [3.8, 4) is 5.75 Å². The molecule has 1 N–H and O–H groups in total. The number of methoxy groups -OCH3 is 1. The molecule has 76 valence electrons. The minimum atomic E-state index is -0.960. The molecule has 0 unspecified atom stereocenters. The molecule has 0 atom stereocenters. The average Bonchev–Trinajstić information content (AvgIpc) is 2.14. The quantitative estimate of drug-likeness (QED) is 0.888. The molecule has 0 saturated heterocycles. The number of halogens is 1. The summed E-state index contributed by atoms with van der Waals surface area (Å²) in [6, 6.07) is 1.52. The first-order valence-electron chi connectivity index (χ1n) is 4.06. The van der Waals surface area contributed by atoms with Gasteiger partial charge in [0.1, 0.15) is 5.75 Å². The molecule has 0 fully saturated rings. The summed E-state index contributed by atoms with van der Waals surface area (Å²) in [7, 11) is 1.53. The maximum atomic E-state index is 10.9. The maximum absolute atomic E-state index is 10.9. The monoisotopic (exact) mass is 258 g/mol. The van der Waals surface area contributed by atoms with Crippen molar-refractivity contribution < 1.29 is 14.6 Å². The summed E-state index contributed by atoms with van der Waals surface area (Å²) in [6.45, 7) is 3.75. The van der Waals surface area contributed by atoms with Crippen LogP contribution < -0.4 is 4.74 Å². The van der Waals surface area contributed by atoms with Gasteiger partial charge in [0.25, 0.3) is 0 Å². The second kappa shape index (κ2) is 4.00. The molecule has 0 heterocycles. The first-order chi connectivity index (χ1) is 6.49. The predicted octanol–water partition coefficient (Wildman–Crippen LogP) is 2.77. The Hall–Kier alpha value is -1.03. The number of hydrogen-bond acceptors (Lipinski definition) is 2. The molecular formula is C10H11BrO3. The van der Waals surface area contributed by atoms with Crippen LogP contribution in [0.3, 0.4) is 0 Å². The standard InChI is InChI=1S/C10H11BrO3/c1-5-6(2)9(11)7(10(12)13)4-8(5)14-3/h4H,1-3H3,(H,12,13). The number of carboxylic acids is 1. The zero-order chi connectivity index (χ0) is 10.9. The van der Waals surface area contributed by atoms with Gasteiger partial charge in [-0.3, -0.25) is 0 Å². The van der Waals surface area contributed by atoms with E-state index in [1.807, 2.05) is 13.8 Å². The van der Waals surface area contributed by atoms with Crippen LogP contribution in [0, 0.1) is 13.8 Å². The Kier molecular flexibility index (Phi) is 3.16. The predicted molar refractivity (Wildman–Crippen MR) is 57.1 cm³/mol. The first-order valence-corrected chi connectivity index (χ1v) is 4.85. The van der Waals surface area contributed by atoms with E-state index in [2.05, 4.69) is 15.9 Å². The maximum Gasteiger partial charge on any atom is 0.336 e. The highest BCUT2D eigenvalue weighted by molar-refractivity contribution is 9.10. The first kappa shape index (κ1) is 11.0. The molecule has 0 spiro atoms. The van der Waals surface area contributed by atoms with Crippen molar-refractivity contribution in [3.05, 3.63) is 27.2 Å². The number of benzene rings is 1. The van der Waals surface area contributed by atoms with Crippen LogP contribution in [0.4, 0.5) is 0 Å². The summed E-state index contributed by atoms with van der Waals surface area (Å²) in [6.07, 6.45) is 0. The minimum absolute atomic E-state index is 0.227. The van der Waals surface area contributed by atoms with E-state index in [9.17, 15) is 4.79 Å². The Bertz CT molecular complexity index is 385. The molecule has 1 aromatic carbocycles. The third kappa shape index (κ3) is 1.75. The molecule has 0 aliphatic heterocycles. The van der Waals surface area contributed by atoms with Crippen LogP contribution in [0.25, 0.3) is 0 Å². The Morgan fingerprint density at radius 3 is 2.43 bits per heavy atom. The largest absolute Gasteiger partial charge is 0.496 e. The van der Waals surface area contributed by atoms with E-state index in [4.69, 9.17) is 9.84 Å². The van der Waals surface area contributed by atoms with Gasteiger partial charge in [0, 0.05) is 4.47 Å². The molecule has 1 rings (SSSR count). The van der Waals surface area contributed by atoms with Crippen molar-refractivity contribution >= 4 is 21.9 Å². The van der Waals surface area contributed by atoms with Crippen LogP contribution in [-0.4, -0.2) is 18.2 Å². The second-order valence-electron chi connectivity index (χ2n) is 3.00. The number of carboxylic acid groups (broad SMARTS) is 1. The summed E-state index contributed by atoms with van der Waals surface area (Å²) in [5, 5.41) is 8.92. The Labute approximate surface area is 90.8 Å². The van der Waals surface area contributed by atoms with E-state index in [-0.39, 0.29) is 5.56 Å². The zero-order valence-electron chi connectivity index (χ0n) is 8.22. The highest BCUT2D eigenvalue weighted by Gasteiger charge is 2.15. The van der Waals surface area contributed by atoms with E-state index in [1.54, 1.807) is 0 Å². The van der Waals surface area contributed by atoms with Crippen molar-refractivity contribution in [2.75, 3.05) is 7.11 Å². The van der Waals surface area contributed by atoms with Crippen molar-refractivity contribution in [2.45, 2.75) is 13.8 Å². The van der Waals surface area contributed by atoms with Crippen molar-refractivity contribution in [1.29, 1.82) is 0 Å². The number of hydrogen-bond donors (Lipinski definition) is 1. The van der Waals surface area contributed by atoms with Gasteiger partial charge in [-0.05, 0) is 47.0 Å². The van der Waals surface area contributed by atoms with Gasteiger partial charge in [0.05, 0.1) is 12.7 Å². The summed E-state index contributed by atoms with van der Waals surface area (Å²) in [4.78, 5) is 10.9. The number of aromatic carboxylic acids is 1. The molecule has 0 aliphatic rings. The van der Waals surface area contributed by atoms with Gasteiger partial charge >= 0.3 is 5.97 Å². The normalized spacial score (nSPS) is 10.0. The van der Waals surface area contributed by atoms with Gasteiger partial charge in [-0.1, -0.05) is 0 Å². The van der Waals surface area contributed by atoms with Crippen LogP contribution in [-0.2, 0) is 0 Å². The molecule has 0 bridgehead atoms. The molecule has 0 aromatic heterocycles. The number of rotatable bonds is 2. The summed E-state index contributed by atoms with van der Waals surface area (Å²) >= 11 is 3.26. The summed E-state index contributed by atoms with van der Waals surface area (Å²) < 4.78 is 5.70. The van der Waals surface area contributed by atoms with Crippen LogP contribution in [0.1, 0.15) is 21.5 Å². The van der Waals surface area contributed by atoms with Gasteiger partial charge in [-0.2, -0.15) is 0 Å². The fraction of sp³-hybridized carbons (Fsp3) is 0.300. The lowest BCUT2D eigenvalue weighted by Gasteiger charge is -2.11. The van der Waals surface area contributed by atoms with Gasteiger partial charge in [-0.25, -0.2) is 4.79 Å². The van der Waals surface area contributed by atoms with Gasteiger partial charge in [0.15, 0.2) is 0 Å². The molecule has 14 heavy (non-hydrogen) atoms. The average molecular weight is 259 g/mol. The molecule has 0 radical (unpaired) electrons. The van der Waals surface area contributed by atoms with Gasteiger partial charge in [0.2, 0.25) is 0 Å². The molecule has 4 heteroatoms. The second-order valence-corrected chi connectivity index (χ2v) is 3.79. The third-order valence-electron chi connectivity index (χ3n) is 2.22. The van der Waals surface area contributed by atoms with E-state index in [1.165, 1.54) is 13.2 Å². The number of carbonyl (C=O) groups is 1. The smallest absolute Gasteiger partial charge is 0.336 e. The lowest BCUT2D eigenvalue weighted by molar-refractivity contribution is 0.0695. The van der Waals surface area contributed by atoms with Crippen LogP contribution in [0.15, 0.2) is 10.5 Å². The lowest BCUT2D eigenvalue weighted by atomic mass is 10.1. The van der Waals surface area contributed by atoms with Gasteiger partial charge < -0.3 is 9.84 Å². The van der Waals surface area contributed by atoms with Crippen LogP contribution in [0.5, 0.6) is 5.75 Å². The Balaban J connectivity index is 3.48. The van der Waals surface area contributed by atoms with Crippen molar-refractivity contribution in [1.82, 2.24) is 0 Å². The number of ether oxygens (including phenoxy) is 1.